The summed E-state index contributed by atoms with van der Waals surface area (Å²) in [5, 5.41) is 0.0597. The minimum absolute atomic E-state index is 0.0597. The van der Waals surface area contributed by atoms with Gasteiger partial charge in [0, 0.05) is 4.88 Å². The fraction of sp³-hybridized carbons (Fsp3) is 0.214. The van der Waals surface area contributed by atoms with Crippen molar-refractivity contribution in [3.63, 3.8) is 0 Å². The Labute approximate surface area is 125 Å². The van der Waals surface area contributed by atoms with Gasteiger partial charge in [-0.25, -0.2) is 9.18 Å². The van der Waals surface area contributed by atoms with E-state index >= 15 is 0 Å². The maximum atomic E-state index is 13.6. The second kappa shape index (κ2) is 5.81. The van der Waals surface area contributed by atoms with Gasteiger partial charge in [-0.3, -0.25) is 0 Å². The molecule has 2 N–H and O–H groups in total. The van der Waals surface area contributed by atoms with Gasteiger partial charge in [-0.15, -0.1) is 11.3 Å². The van der Waals surface area contributed by atoms with Crippen LogP contribution in [0.5, 0.6) is 0 Å². The largest absolute Gasteiger partial charge is 0.465 e. The zero-order chi connectivity index (χ0) is 14.9. The summed E-state index contributed by atoms with van der Waals surface area (Å²) in [7, 11) is 1.30. The second-order valence-corrected chi connectivity index (χ2v) is 5.55. The third-order valence-electron chi connectivity index (χ3n) is 2.95. The van der Waals surface area contributed by atoms with Gasteiger partial charge in [0.05, 0.1) is 17.8 Å². The number of hydrogen-bond donors (Lipinski definition) is 1. The normalized spacial score (nSPS) is 10.6. The lowest BCUT2D eigenvalue weighted by molar-refractivity contribution is 0.0607. The van der Waals surface area contributed by atoms with Crippen molar-refractivity contribution >= 4 is 34.6 Å². The molecule has 1 aromatic carbocycles. The van der Waals surface area contributed by atoms with Crippen LogP contribution in [0.4, 0.5) is 10.1 Å². The zero-order valence-electron chi connectivity index (χ0n) is 11.0. The minimum Gasteiger partial charge on any atom is -0.465 e. The summed E-state index contributed by atoms with van der Waals surface area (Å²) < 4.78 is 18.3. The molecule has 2 aromatic rings. The lowest BCUT2D eigenvalue weighted by Gasteiger charge is -2.03. The van der Waals surface area contributed by atoms with Crippen LogP contribution < -0.4 is 5.73 Å². The SMILES string of the molecule is CCc1c(-c2ccc(Cl)c(F)c2)sc(C(=O)OC)c1N. The van der Waals surface area contributed by atoms with Crippen molar-refractivity contribution in [1.29, 1.82) is 0 Å². The molecule has 0 aliphatic carbocycles. The number of nitrogen functional groups attached to an aromatic ring is 1. The van der Waals surface area contributed by atoms with Gasteiger partial charge >= 0.3 is 5.97 Å². The number of halogens is 2. The Kier molecular flexibility index (Phi) is 4.30. The van der Waals surface area contributed by atoms with E-state index in [2.05, 4.69) is 0 Å². The molecule has 0 aliphatic heterocycles. The molecular weight excluding hydrogens is 301 g/mol. The lowest BCUT2D eigenvalue weighted by atomic mass is 10.1. The molecule has 3 nitrogen and oxygen atoms in total. The molecule has 1 heterocycles. The number of benzene rings is 1. The number of nitrogens with two attached hydrogens (primary N) is 1. The van der Waals surface area contributed by atoms with Crippen molar-refractivity contribution in [2.45, 2.75) is 13.3 Å². The topological polar surface area (TPSA) is 52.3 Å². The molecule has 0 spiro atoms. The molecule has 1 aromatic heterocycles. The number of rotatable bonds is 3. The van der Waals surface area contributed by atoms with Crippen LogP contribution >= 0.6 is 22.9 Å². The van der Waals surface area contributed by atoms with Gasteiger partial charge in [0.1, 0.15) is 10.7 Å². The van der Waals surface area contributed by atoms with E-state index in [4.69, 9.17) is 22.1 Å². The fourth-order valence-electron chi connectivity index (χ4n) is 1.94. The molecule has 0 amide bonds. The van der Waals surface area contributed by atoms with Crippen molar-refractivity contribution in [2.75, 3.05) is 12.8 Å². The summed E-state index contributed by atoms with van der Waals surface area (Å²) in [5.41, 5.74) is 7.85. The van der Waals surface area contributed by atoms with Crippen LogP contribution in [0.15, 0.2) is 18.2 Å². The van der Waals surface area contributed by atoms with E-state index in [0.717, 1.165) is 10.4 Å². The van der Waals surface area contributed by atoms with Crippen molar-refractivity contribution in [2.24, 2.45) is 0 Å². The van der Waals surface area contributed by atoms with Crippen molar-refractivity contribution in [3.8, 4) is 10.4 Å². The molecule has 0 atom stereocenters. The van der Waals surface area contributed by atoms with Crippen molar-refractivity contribution < 1.29 is 13.9 Å². The average Bonchev–Trinajstić information content (AvgIpc) is 2.78. The van der Waals surface area contributed by atoms with Gasteiger partial charge in [0.2, 0.25) is 0 Å². The minimum atomic E-state index is -0.502. The molecule has 20 heavy (non-hydrogen) atoms. The molecule has 0 unspecified atom stereocenters. The smallest absolute Gasteiger partial charge is 0.350 e. The highest BCUT2D eigenvalue weighted by atomic mass is 35.5. The number of anilines is 1. The standard InChI is InChI=1S/C14H13ClFNO2S/c1-3-8-11(17)13(14(18)19-2)20-12(8)7-4-5-9(15)10(16)6-7/h4-6H,3,17H2,1-2H3. The highest BCUT2D eigenvalue weighted by Crippen LogP contribution is 2.40. The zero-order valence-corrected chi connectivity index (χ0v) is 12.6. The lowest BCUT2D eigenvalue weighted by Crippen LogP contribution is -2.02. The first-order chi connectivity index (χ1) is 9.49. The first-order valence-electron chi connectivity index (χ1n) is 5.94. The Hall–Kier alpha value is -1.59. The van der Waals surface area contributed by atoms with Crippen molar-refractivity contribution in [1.82, 2.24) is 0 Å². The quantitative estimate of drug-likeness (QED) is 0.866. The first-order valence-corrected chi connectivity index (χ1v) is 7.13. The van der Waals surface area contributed by atoms with Crippen LogP contribution in [0.1, 0.15) is 22.2 Å². The number of thiophene rings is 1. The van der Waals surface area contributed by atoms with Crippen LogP contribution in [0.3, 0.4) is 0 Å². The summed E-state index contributed by atoms with van der Waals surface area (Å²) in [6.07, 6.45) is 0.638. The first kappa shape index (κ1) is 14.8. The van der Waals surface area contributed by atoms with Gasteiger partial charge < -0.3 is 10.5 Å². The molecule has 0 bridgehead atoms. The number of carbonyl (C=O) groups excluding carboxylic acids is 1. The molecule has 0 saturated heterocycles. The fourth-order valence-corrected chi connectivity index (χ4v) is 3.29. The van der Waals surface area contributed by atoms with Gasteiger partial charge in [0.15, 0.2) is 0 Å². The number of esters is 1. The van der Waals surface area contributed by atoms with E-state index in [1.807, 2.05) is 6.92 Å². The van der Waals surface area contributed by atoms with Gasteiger partial charge in [-0.05, 0) is 29.7 Å². The summed E-state index contributed by atoms with van der Waals surface area (Å²) >= 11 is 6.88. The molecule has 0 saturated carbocycles. The molecular formula is C14H13ClFNO2S. The Morgan fingerprint density at radius 3 is 2.75 bits per heavy atom. The van der Waals surface area contributed by atoms with Crippen LogP contribution in [0.25, 0.3) is 10.4 Å². The van der Waals surface area contributed by atoms with Crippen molar-refractivity contribution in [3.05, 3.63) is 39.5 Å². The van der Waals surface area contributed by atoms with Crippen LogP contribution in [-0.2, 0) is 11.2 Å². The summed E-state index contributed by atoms with van der Waals surface area (Å²) in [5.74, 6) is -0.985. The molecule has 2 rings (SSSR count). The Balaban J connectivity index is 2.61. The van der Waals surface area contributed by atoms with Crippen LogP contribution in [0, 0.1) is 5.82 Å². The van der Waals surface area contributed by atoms with E-state index in [1.54, 1.807) is 6.07 Å². The number of hydrogen-bond acceptors (Lipinski definition) is 4. The average molecular weight is 314 g/mol. The Bertz CT molecular complexity index is 669. The van der Waals surface area contributed by atoms with E-state index in [-0.39, 0.29) is 5.02 Å². The van der Waals surface area contributed by atoms with Gasteiger partial charge in [-0.1, -0.05) is 24.6 Å². The predicted molar refractivity (Wildman–Crippen MR) is 79.9 cm³/mol. The molecule has 6 heteroatoms. The highest BCUT2D eigenvalue weighted by Gasteiger charge is 2.21. The van der Waals surface area contributed by atoms with E-state index in [9.17, 15) is 9.18 Å². The Morgan fingerprint density at radius 2 is 2.20 bits per heavy atom. The monoisotopic (exact) mass is 313 g/mol. The number of carbonyl (C=O) groups is 1. The molecule has 0 aliphatic rings. The molecule has 0 radical (unpaired) electrons. The summed E-state index contributed by atoms with van der Waals surface area (Å²) in [6, 6.07) is 4.53. The third-order valence-corrected chi connectivity index (χ3v) is 4.54. The summed E-state index contributed by atoms with van der Waals surface area (Å²) in [6.45, 7) is 1.93. The third kappa shape index (κ3) is 2.51. The van der Waals surface area contributed by atoms with Gasteiger partial charge in [-0.2, -0.15) is 0 Å². The highest BCUT2D eigenvalue weighted by molar-refractivity contribution is 7.18. The van der Waals surface area contributed by atoms with E-state index in [1.165, 1.54) is 30.6 Å². The number of ether oxygens (including phenoxy) is 1. The van der Waals surface area contributed by atoms with Gasteiger partial charge in [0.25, 0.3) is 0 Å². The molecule has 0 fully saturated rings. The maximum Gasteiger partial charge on any atom is 0.350 e. The maximum absolute atomic E-state index is 13.6. The number of methoxy groups -OCH3 is 1. The predicted octanol–water partition coefficient (Wildman–Crippen LogP) is 4.14. The molecule has 106 valence electrons. The van der Waals surface area contributed by atoms with Crippen LogP contribution in [0.2, 0.25) is 5.02 Å². The Morgan fingerprint density at radius 1 is 1.50 bits per heavy atom. The van der Waals surface area contributed by atoms with Crippen LogP contribution in [-0.4, -0.2) is 13.1 Å². The second-order valence-electron chi connectivity index (χ2n) is 4.13. The van der Waals surface area contributed by atoms with E-state index < -0.39 is 11.8 Å². The summed E-state index contributed by atoms with van der Waals surface area (Å²) in [4.78, 5) is 12.8. The van der Waals surface area contributed by atoms with E-state index in [0.29, 0.717) is 22.5 Å².